The summed E-state index contributed by atoms with van der Waals surface area (Å²) in [5, 5.41) is 0. The molecule has 0 radical (unpaired) electrons. The van der Waals surface area contributed by atoms with Gasteiger partial charge in [-0.25, -0.2) is 9.13 Å². The third-order valence-electron chi connectivity index (χ3n) is 1.57. The van der Waals surface area contributed by atoms with Crippen molar-refractivity contribution in [1.82, 2.24) is 4.57 Å². The molecule has 0 aliphatic carbocycles. The molecule has 0 unspecified atom stereocenters. The molecule has 0 atom stereocenters. The van der Waals surface area contributed by atoms with Gasteiger partial charge in [-0.05, 0) is 6.42 Å². The minimum absolute atomic E-state index is 0.900. The number of hydrogen-bond donors (Lipinski definition) is 0. The minimum atomic E-state index is 0.900. The highest BCUT2D eigenvalue weighted by molar-refractivity contribution is 4.73. The van der Waals surface area contributed by atoms with E-state index in [0.29, 0.717) is 0 Å². The van der Waals surface area contributed by atoms with E-state index in [1.54, 1.807) is 0 Å². The second kappa shape index (κ2) is 3.96. The van der Waals surface area contributed by atoms with E-state index in [1.165, 1.54) is 6.42 Å². The molecule has 0 aliphatic rings. The van der Waals surface area contributed by atoms with Crippen molar-refractivity contribution in [3.8, 4) is 0 Å². The van der Waals surface area contributed by atoms with Crippen molar-refractivity contribution in [2.24, 2.45) is 0 Å². The Morgan fingerprint density at radius 1 is 1.64 bits per heavy atom. The summed E-state index contributed by atoms with van der Waals surface area (Å²) in [7, 11) is 0. The molecule has 60 valence electrons. The van der Waals surface area contributed by atoms with Gasteiger partial charge in [0, 0.05) is 0 Å². The van der Waals surface area contributed by atoms with Gasteiger partial charge in [-0.1, -0.05) is 19.6 Å². The SMILES string of the molecule is C=CCn1cc[n+](CCC)c1. The fraction of sp³-hybridized carbons (Fsp3) is 0.444. The first kappa shape index (κ1) is 8.05. The van der Waals surface area contributed by atoms with Crippen LogP contribution in [-0.4, -0.2) is 4.57 Å². The molecule has 0 N–H and O–H groups in total. The Balaban J connectivity index is 2.57. The predicted octanol–water partition coefficient (Wildman–Crippen LogP) is 1.37. The normalized spacial score (nSPS) is 9.91. The van der Waals surface area contributed by atoms with E-state index in [9.17, 15) is 0 Å². The molecule has 1 rings (SSSR count). The quantitative estimate of drug-likeness (QED) is 0.454. The lowest BCUT2D eigenvalue weighted by Crippen LogP contribution is -2.30. The van der Waals surface area contributed by atoms with E-state index in [2.05, 4.69) is 41.4 Å². The fourth-order valence-electron chi connectivity index (χ4n) is 1.09. The Hall–Kier alpha value is -1.05. The van der Waals surface area contributed by atoms with Gasteiger partial charge in [-0.3, -0.25) is 0 Å². The van der Waals surface area contributed by atoms with Crippen molar-refractivity contribution in [3.63, 3.8) is 0 Å². The van der Waals surface area contributed by atoms with E-state index in [1.807, 2.05) is 6.08 Å². The molecule has 0 saturated heterocycles. The zero-order valence-electron chi connectivity index (χ0n) is 7.03. The van der Waals surface area contributed by atoms with Gasteiger partial charge >= 0.3 is 0 Å². The maximum atomic E-state index is 3.68. The first-order valence-electron chi connectivity index (χ1n) is 4.02. The van der Waals surface area contributed by atoms with E-state index < -0.39 is 0 Å². The molecule has 0 spiro atoms. The molecule has 0 saturated carbocycles. The molecule has 0 aromatic carbocycles. The fourth-order valence-corrected chi connectivity index (χ4v) is 1.09. The molecular formula is C9H15N2+. The van der Waals surface area contributed by atoms with Gasteiger partial charge in [0.05, 0.1) is 6.54 Å². The Labute approximate surface area is 67.8 Å². The summed E-state index contributed by atoms with van der Waals surface area (Å²) in [6.07, 6.45) is 9.34. The zero-order chi connectivity index (χ0) is 8.10. The number of allylic oxidation sites excluding steroid dienone is 1. The second-order valence-electron chi connectivity index (χ2n) is 2.64. The van der Waals surface area contributed by atoms with Gasteiger partial charge in [0.1, 0.15) is 18.9 Å². The van der Waals surface area contributed by atoms with Crippen molar-refractivity contribution >= 4 is 0 Å². The number of aromatic nitrogens is 2. The lowest BCUT2D eigenvalue weighted by atomic mass is 10.5. The first-order chi connectivity index (χ1) is 5.36. The van der Waals surface area contributed by atoms with E-state index in [0.717, 1.165) is 13.1 Å². The van der Waals surface area contributed by atoms with E-state index in [4.69, 9.17) is 0 Å². The first-order valence-corrected chi connectivity index (χ1v) is 4.02. The number of hydrogen-bond acceptors (Lipinski definition) is 0. The van der Waals surface area contributed by atoms with Crippen LogP contribution in [0.3, 0.4) is 0 Å². The summed E-state index contributed by atoms with van der Waals surface area (Å²) in [4.78, 5) is 0. The van der Waals surface area contributed by atoms with Gasteiger partial charge < -0.3 is 0 Å². The highest BCUT2D eigenvalue weighted by Gasteiger charge is 1.98. The summed E-state index contributed by atoms with van der Waals surface area (Å²) in [5.74, 6) is 0. The van der Waals surface area contributed by atoms with Gasteiger partial charge in [-0.2, -0.15) is 0 Å². The van der Waals surface area contributed by atoms with Crippen LogP contribution in [0.15, 0.2) is 31.4 Å². The molecule has 1 aromatic rings. The topological polar surface area (TPSA) is 8.81 Å². The van der Waals surface area contributed by atoms with Crippen molar-refractivity contribution < 1.29 is 4.57 Å². The highest BCUT2D eigenvalue weighted by Crippen LogP contribution is 1.85. The minimum Gasteiger partial charge on any atom is -0.237 e. The van der Waals surface area contributed by atoms with Crippen LogP contribution in [0.1, 0.15) is 13.3 Å². The van der Waals surface area contributed by atoms with Crippen molar-refractivity contribution in [2.75, 3.05) is 0 Å². The Morgan fingerprint density at radius 2 is 2.45 bits per heavy atom. The van der Waals surface area contributed by atoms with Crippen LogP contribution in [-0.2, 0) is 13.1 Å². The number of rotatable bonds is 4. The van der Waals surface area contributed by atoms with Crippen molar-refractivity contribution in [1.29, 1.82) is 0 Å². The van der Waals surface area contributed by atoms with Crippen molar-refractivity contribution in [3.05, 3.63) is 31.4 Å². The number of aryl methyl sites for hydroxylation is 1. The van der Waals surface area contributed by atoms with Crippen LogP contribution in [0.4, 0.5) is 0 Å². The number of nitrogens with zero attached hydrogens (tertiary/aromatic N) is 2. The molecule has 2 nitrogen and oxygen atoms in total. The van der Waals surface area contributed by atoms with Crippen LogP contribution in [0.5, 0.6) is 0 Å². The smallest absolute Gasteiger partial charge is 0.237 e. The summed E-state index contributed by atoms with van der Waals surface area (Å²) < 4.78 is 4.30. The van der Waals surface area contributed by atoms with Gasteiger partial charge in [-0.15, -0.1) is 0 Å². The summed E-state index contributed by atoms with van der Waals surface area (Å²) in [6.45, 7) is 7.86. The van der Waals surface area contributed by atoms with E-state index in [-0.39, 0.29) is 0 Å². The summed E-state index contributed by atoms with van der Waals surface area (Å²) in [5.41, 5.74) is 0. The van der Waals surface area contributed by atoms with Crippen LogP contribution < -0.4 is 4.57 Å². The molecule has 0 bridgehead atoms. The maximum absolute atomic E-state index is 3.68. The summed E-state index contributed by atoms with van der Waals surface area (Å²) in [6, 6.07) is 0. The maximum Gasteiger partial charge on any atom is 0.244 e. The third-order valence-corrected chi connectivity index (χ3v) is 1.57. The third kappa shape index (κ3) is 2.22. The van der Waals surface area contributed by atoms with Crippen LogP contribution in [0, 0.1) is 0 Å². The number of imidazole rings is 1. The van der Waals surface area contributed by atoms with Crippen LogP contribution in [0.25, 0.3) is 0 Å². The van der Waals surface area contributed by atoms with Gasteiger partial charge in [0.25, 0.3) is 0 Å². The molecule has 11 heavy (non-hydrogen) atoms. The highest BCUT2D eigenvalue weighted by atomic mass is 15.1. The predicted molar refractivity (Wildman–Crippen MR) is 45.1 cm³/mol. The average molecular weight is 151 g/mol. The lowest BCUT2D eigenvalue weighted by Gasteiger charge is -1.88. The molecule has 0 aliphatic heterocycles. The summed E-state index contributed by atoms with van der Waals surface area (Å²) >= 11 is 0. The van der Waals surface area contributed by atoms with Gasteiger partial charge in [0.2, 0.25) is 6.33 Å². The Kier molecular flexibility index (Phi) is 2.90. The standard InChI is InChI=1S/C9H15N2/c1-3-5-10-7-8-11(9-10)6-4-2/h3,7-9H,1,4-6H2,2H3/q+1. The van der Waals surface area contributed by atoms with Crippen molar-refractivity contribution in [2.45, 2.75) is 26.4 Å². The van der Waals surface area contributed by atoms with E-state index >= 15 is 0 Å². The second-order valence-corrected chi connectivity index (χ2v) is 2.64. The lowest BCUT2D eigenvalue weighted by molar-refractivity contribution is -0.696. The Bertz CT molecular complexity index is 225. The Morgan fingerprint density at radius 3 is 3.09 bits per heavy atom. The monoisotopic (exact) mass is 151 g/mol. The largest absolute Gasteiger partial charge is 0.244 e. The molecule has 0 fully saturated rings. The van der Waals surface area contributed by atoms with Crippen LogP contribution in [0.2, 0.25) is 0 Å². The molecule has 2 heteroatoms. The molecule has 0 amide bonds. The van der Waals surface area contributed by atoms with Crippen LogP contribution >= 0.6 is 0 Å². The van der Waals surface area contributed by atoms with Gasteiger partial charge in [0.15, 0.2) is 0 Å². The molecule has 1 heterocycles. The zero-order valence-corrected chi connectivity index (χ0v) is 7.03. The molecule has 1 aromatic heterocycles. The average Bonchev–Trinajstić information content (AvgIpc) is 2.38. The molecular weight excluding hydrogens is 136 g/mol.